The fraction of sp³-hybridized carbons (Fsp3) is 0.542. The lowest BCUT2D eigenvalue weighted by atomic mass is 10.1. The van der Waals surface area contributed by atoms with Gasteiger partial charge in [0.15, 0.2) is 0 Å². The maximum atomic E-state index is 13.0. The summed E-state index contributed by atoms with van der Waals surface area (Å²) in [6.07, 6.45) is 5.29. The van der Waals surface area contributed by atoms with E-state index in [1.54, 1.807) is 32.4 Å². The number of nitrogens with zero attached hydrogens (tertiary/aromatic N) is 3. The number of carbonyl (C=O) groups excluding carboxylic acids is 2. The summed E-state index contributed by atoms with van der Waals surface area (Å²) >= 11 is 0. The van der Waals surface area contributed by atoms with Crippen LogP contribution in [0.1, 0.15) is 45.6 Å². The highest BCUT2D eigenvalue weighted by atomic mass is 16.6. The molecule has 33 heavy (non-hydrogen) atoms. The Morgan fingerprint density at radius 1 is 1.15 bits per heavy atom. The van der Waals surface area contributed by atoms with E-state index < -0.39 is 17.7 Å². The molecule has 1 aromatic carbocycles. The minimum Gasteiger partial charge on any atom is -0.458 e. The molecule has 0 aliphatic carbocycles. The fourth-order valence-corrected chi connectivity index (χ4v) is 3.52. The molecule has 2 N–H and O–H groups in total. The molecule has 1 aliphatic heterocycles. The van der Waals surface area contributed by atoms with Crippen molar-refractivity contribution in [2.75, 3.05) is 37.4 Å². The van der Waals surface area contributed by atoms with Crippen molar-refractivity contribution in [1.29, 1.82) is 0 Å². The molecule has 1 fully saturated rings. The largest absolute Gasteiger partial charge is 0.458 e. The normalized spacial score (nSPS) is 15.0. The maximum Gasteiger partial charge on any atom is 0.414 e. The number of carbonyl (C=O) groups is 2. The first-order valence-corrected chi connectivity index (χ1v) is 11.4. The number of imidazole rings is 1. The van der Waals surface area contributed by atoms with Gasteiger partial charge in [-0.2, -0.15) is 4.98 Å². The summed E-state index contributed by atoms with van der Waals surface area (Å²) in [5.41, 5.74) is 0.293. The summed E-state index contributed by atoms with van der Waals surface area (Å²) < 4.78 is 10.9. The first kappa shape index (κ1) is 24.4. The molecule has 0 saturated carbocycles. The van der Waals surface area contributed by atoms with Crippen LogP contribution < -0.4 is 15.0 Å². The van der Waals surface area contributed by atoms with Crippen molar-refractivity contribution in [3.05, 3.63) is 36.0 Å². The van der Waals surface area contributed by atoms with Crippen molar-refractivity contribution >= 4 is 23.8 Å². The second-order valence-electron chi connectivity index (χ2n) is 9.50. The highest BCUT2D eigenvalue weighted by Crippen LogP contribution is 2.21. The Labute approximate surface area is 195 Å². The molecule has 9 heteroatoms. The van der Waals surface area contributed by atoms with Crippen molar-refractivity contribution in [3.63, 3.8) is 0 Å². The lowest BCUT2D eigenvalue weighted by Gasteiger charge is -2.26. The van der Waals surface area contributed by atoms with Crippen molar-refractivity contribution in [3.8, 4) is 5.75 Å². The lowest BCUT2D eigenvalue weighted by molar-refractivity contribution is -0.155. The molecule has 0 spiro atoms. The van der Waals surface area contributed by atoms with E-state index in [0.717, 1.165) is 37.4 Å². The van der Waals surface area contributed by atoms with Gasteiger partial charge in [-0.1, -0.05) is 12.1 Å². The number of esters is 1. The zero-order valence-electron chi connectivity index (χ0n) is 20.2. The van der Waals surface area contributed by atoms with Crippen LogP contribution in [0.15, 0.2) is 30.5 Å². The van der Waals surface area contributed by atoms with Gasteiger partial charge < -0.3 is 29.6 Å². The van der Waals surface area contributed by atoms with E-state index in [9.17, 15) is 9.59 Å². The van der Waals surface area contributed by atoms with E-state index in [-0.39, 0.29) is 5.97 Å². The number of rotatable bonds is 7. The summed E-state index contributed by atoms with van der Waals surface area (Å²) in [6.45, 7) is 7.50. The Kier molecular flexibility index (Phi) is 7.84. The van der Waals surface area contributed by atoms with Crippen LogP contribution in [0.4, 0.5) is 16.6 Å². The molecular formula is C24H35N5O4. The van der Waals surface area contributed by atoms with Gasteiger partial charge in [0, 0.05) is 39.8 Å². The first-order chi connectivity index (χ1) is 15.6. The molecule has 9 nitrogen and oxygen atoms in total. The van der Waals surface area contributed by atoms with Crippen molar-refractivity contribution in [2.24, 2.45) is 0 Å². The van der Waals surface area contributed by atoms with Gasteiger partial charge >= 0.3 is 12.1 Å². The monoisotopic (exact) mass is 457 g/mol. The van der Waals surface area contributed by atoms with Gasteiger partial charge in [-0.3, -0.25) is 0 Å². The molecule has 2 heterocycles. The zero-order chi connectivity index (χ0) is 24.0. The lowest BCUT2D eigenvalue weighted by Crippen LogP contribution is -2.38. The van der Waals surface area contributed by atoms with Crippen LogP contribution in [-0.2, 0) is 16.0 Å². The van der Waals surface area contributed by atoms with Gasteiger partial charge in [-0.15, -0.1) is 0 Å². The van der Waals surface area contributed by atoms with Crippen LogP contribution in [0.2, 0.25) is 0 Å². The Bertz CT molecular complexity index is 927. The number of piperidine rings is 1. The third-order valence-corrected chi connectivity index (χ3v) is 5.17. The number of H-pyrrole nitrogens is 1. The molecule has 1 atom stereocenters. The predicted molar refractivity (Wildman–Crippen MR) is 128 cm³/mol. The second-order valence-corrected chi connectivity index (χ2v) is 9.50. The van der Waals surface area contributed by atoms with Crippen LogP contribution >= 0.6 is 0 Å². The van der Waals surface area contributed by atoms with Crippen molar-refractivity contribution < 1.29 is 19.1 Å². The predicted octanol–water partition coefficient (Wildman–Crippen LogP) is 3.83. The van der Waals surface area contributed by atoms with Crippen LogP contribution in [-0.4, -0.2) is 65.8 Å². The average molecular weight is 458 g/mol. The molecule has 1 aromatic heterocycles. The Morgan fingerprint density at radius 3 is 2.42 bits per heavy atom. The molecule has 1 saturated heterocycles. The summed E-state index contributed by atoms with van der Waals surface area (Å²) in [6, 6.07) is 6.47. The topological polar surface area (TPSA) is 99.8 Å². The van der Waals surface area contributed by atoms with E-state index in [2.05, 4.69) is 20.2 Å². The molecule has 0 unspecified atom stereocenters. The zero-order valence-corrected chi connectivity index (χ0v) is 20.2. The number of anilines is 2. The van der Waals surface area contributed by atoms with Crippen molar-refractivity contribution in [2.45, 2.75) is 58.1 Å². The van der Waals surface area contributed by atoms with Gasteiger partial charge in [0.25, 0.3) is 0 Å². The number of benzene rings is 1. The van der Waals surface area contributed by atoms with Gasteiger partial charge in [-0.05, 0) is 57.7 Å². The third kappa shape index (κ3) is 7.40. The number of nitrogens with one attached hydrogen (secondary N) is 2. The SMILES string of the molecule is CN(C)C(=O)Oc1ccc(C[C@H](Nc2c[nH]c(N3CCCCC3)n2)C(=O)OC(C)(C)C)cc1. The van der Waals surface area contributed by atoms with E-state index >= 15 is 0 Å². The molecular weight excluding hydrogens is 422 g/mol. The van der Waals surface area contributed by atoms with E-state index in [0.29, 0.717) is 18.0 Å². The molecule has 180 valence electrons. The average Bonchev–Trinajstić information content (AvgIpc) is 3.22. The van der Waals surface area contributed by atoms with Crippen LogP contribution in [0.25, 0.3) is 0 Å². The van der Waals surface area contributed by atoms with Gasteiger partial charge in [-0.25, -0.2) is 9.59 Å². The van der Waals surface area contributed by atoms with Gasteiger partial charge in [0.2, 0.25) is 5.95 Å². The van der Waals surface area contributed by atoms with E-state index in [1.807, 2.05) is 32.9 Å². The van der Waals surface area contributed by atoms with Crippen molar-refractivity contribution in [1.82, 2.24) is 14.9 Å². The summed E-state index contributed by atoms with van der Waals surface area (Å²) in [5.74, 6) is 1.50. The highest BCUT2D eigenvalue weighted by Gasteiger charge is 2.26. The highest BCUT2D eigenvalue weighted by molar-refractivity contribution is 5.80. The van der Waals surface area contributed by atoms with E-state index in [1.165, 1.54) is 11.3 Å². The second kappa shape index (κ2) is 10.6. The number of aromatic nitrogens is 2. The number of aromatic amines is 1. The number of amides is 1. The third-order valence-electron chi connectivity index (χ3n) is 5.17. The summed E-state index contributed by atoms with van der Waals surface area (Å²) in [4.78, 5) is 36.1. The molecule has 2 aromatic rings. The molecule has 3 rings (SSSR count). The number of hydrogen-bond acceptors (Lipinski definition) is 7. The van der Waals surface area contributed by atoms with Crippen LogP contribution in [0.3, 0.4) is 0 Å². The van der Waals surface area contributed by atoms with Crippen LogP contribution in [0.5, 0.6) is 5.75 Å². The molecule has 1 aliphatic rings. The molecule has 0 bridgehead atoms. The smallest absolute Gasteiger partial charge is 0.414 e. The van der Waals surface area contributed by atoms with Gasteiger partial charge in [0.05, 0.1) is 0 Å². The Balaban J connectivity index is 1.71. The van der Waals surface area contributed by atoms with Gasteiger partial charge in [0.1, 0.15) is 23.2 Å². The number of ether oxygens (including phenoxy) is 2. The Hall–Kier alpha value is -3.23. The summed E-state index contributed by atoms with van der Waals surface area (Å²) in [7, 11) is 3.25. The fourth-order valence-electron chi connectivity index (χ4n) is 3.52. The standard InChI is InChI=1S/C24H35N5O4/c1-24(2,3)33-21(30)19(15-17-9-11-18(12-10-17)32-23(31)28(4)5)26-20-16-25-22(27-20)29-13-7-6-8-14-29/h9-12,16,19,26H,6-8,13-15H2,1-5H3,(H,25,27)/t19-/m0/s1. The minimum atomic E-state index is -0.628. The minimum absolute atomic E-state index is 0.354. The molecule has 0 radical (unpaired) electrons. The quantitative estimate of drug-likeness (QED) is 0.610. The summed E-state index contributed by atoms with van der Waals surface area (Å²) in [5, 5.41) is 3.24. The number of hydrogen-bond donors (Lipinski definition) is 2. The van der Waals surface area contributed by atoms with Crippen LogP contribution in [0, 0.1) is 0 Å². The molecule has 1 amide bonds. The first-order valence-electron chi connectivity index (χ1n) is 11.4. The Morgan fingerprint density at radius 2 is 1.82 bits per heavy atom. The van der Waals surface area contributed by atoms with E-state index in [4.69, 9.17) is 9.47 Å². The maximum absolute atomic E-state index is 13.0.